The summed E-state index contributed by atoms with van der Waals surface area (Å²) in [5.74, 6) is -0.645. The summed E-state index contributed by atoms with van der Waals surface area (Å²) >= 11 is 0. The molecule has 0 bridgehead atoms. The number of aromatic nitrogens is 3. The minimum atomic E-state index is -0.614. The summed E-state index contributed by atoms with van der Waals surface area (Å²) in [6.45, 7) is 3.21. The van der Waals surface area contributed by atoms with Gasteiger partial charge in [-0.05, 0) is 31.5 Å². The zero-order valence-corrected chi connectivity index (χ0v) is 15.0. The zero-order chi connectivity index (χ0) is 19.6. The first-order chi connectivity index (χ1) is 12.9. The molecule has 2 aromatic heterocycles. The lowest BCUT2D eigenvalue weighted by Crippen LogP contribution is -2.15. The maximum absolute atomic E-state index is 12.3. The Morgan fingerprint density at radius 1 is 1.26 bits per heavy atom. The number of aryl methyl sites for hydroxylation is 2. The van der Waals surface area contributed by atoms with Gasteiger partial charge in [-0.2, -0.15) is 0 Å². The molecule has 9 nitrogen and oxygen atoms in total. The molecule has 0 amide bonds. The normalized spacial score (nSPS) is 10.8. The number of nitrogens with one attached hydrogen (secondary N) is 1. The molecule has 0 aliphatic rings. The van der Waals surface area contributed by atoms with Crippen molar-refractivity contribution in [2.75, 3.05) is 7.11 Å². The van der Waals surface area contributed by atoms with Crippen LogP contribution in [0.15, 0.2) is 27.5 Å². The second-order valence-corrected chi connectivity index (χ2v) is 5.73. The lowest BCUT2D eigenvalue weighted by atomic mass is 10.1. The van der Waals surface area contributed by atoms with Crippen molar-refractivity contribution >= 4 is 22.8 Å². The fourth-order valence-electron chi connectivity index (χ4n) is 2.63. The van der Waals surface area contributed by atoms with Gasteiger partial charge in [0, 0.05) is 0 Å². The summed E-state index contributed by atoms with van der Waals surface area (Å²) in [4.78, 5) is 43.0. The van der Waals surface area contributed by atoms with E-state index in [1.54, 1.807) is 6.92 Å². The summed E-state index contributed by atoms with van der Waals surface area (Å²) in [5.41, 5.74) is 0.925. The standard InChI is InChI=1S/C18H17N3O6/c1-4-12-15(9(2)27-21-12)18(24)26-8-14-19-13-7-10(17(23)25-3)5-6-11(13)16(22)20-14/h5-7H,4,8H2,1-3H3,(H,19,20,22). The summed E-state index contributed by atoms with van der Waals surface area (Å²) in [7, 11) is 1.26. The van der Waals surface area contributed by atoms with Gasteiger partial charge in [0.15, 0.2) is 0 Å². The van der Waals surface area contributed by atoms with Crippen molar-refractivity contribution in [3.63, 3.8) is 0 Å². The Labute approximate surface area is 153 Å². The summed E-state index contributed by atoms with van der Waals surface area (Å²) in [5, 5.41) is 4.11. The molecule has 0 saturated carbocycles. The Hall–Kier alpha value is -3.49. The van der Waals surface area contributed by atoms with Crippen molar-refractivity contribution < 1.29 is 23.6 Å². The van der Waals surface area contributed by atoms with Crippen LogP contribution >= 0.6 is 0 Å². The molecule has 0 aliphatic heterocycles. The van der Waals surface area contributed by atoms with Crippen LogP contribution in [0.2, 0.25) is 0 Å². The lowest BCUT2D eigenvalue weighted by Gasteiger charge is -2.06. The number of carbonyl (C=O) groups is 2. The number of nitrogens with zero attached hydrogens (tertiary/aromatic N) is 2. The zero-order valence-electron chi connectivity index (χ0n) is 15.0. The average molecular weight is 371 g/mol. The van der Waals surface area contributed by atoms with Crippen molar-refractivity contribution in [3.8, 4) is 0 Å². The number of methoxy groups -OCH3 is 1. The molecule has 3 aromatic rings. The number of benzene rings is 1. The van der Waals surface area contributed by atoms with Crippen molar-refractivity contribution in [2.24, 2.45) is 0 Å². The van der Waals surface area contributed by atoms with Gasteiger partial charge >= 0.3 is 11.9 Å². The van der Waals surface area contributed by atoms with Gasteiger partial charge in [-0.1, -0.05) is 12.1 Å². The van der Waals surface area contributed by atoms with Gasteiger partial charge in [-0.25, -0.2) is 14.6 Å². The minimum Gasteiger partial charge on any atom is -0.465 e. The molecule has 0 aliphatic carbocycles. The second-order valence-electron chi connectivity index (χ2n) is 5.73. The Morgan fingerprint density at radius 2 is 2.04 bits per heavy atom. The minimum absolute atomic E-state index is 0.148. The van der Waals surface area contributed by atoms with Crippen LogP contribution in [0.4, 0.5) is 0 Å². The average Bonchev–Trinajstić information content (AvgIpc) is 3.05. The van der Waals surface area contributed by atoms with Crippen LogP contribution in [0.1, 0.15) is 44.9 Å². The van der Waals surface area contributed by atoms with Crippen molar-refractivity contribution in [1.82, 2.24) is 15.1 Å². The maximum Gasteiger partial charge on any atom is 0.344 e. The first kappa shape index (κ1) is 18.3. The molecular weight excluding hydrogens is 354 g/mol. The van der Waals surface area contributed by atoms with E-state index in [0.717, 1.165) is 0 Å². The summed E-state index contributed by atoms with van der Waals surface area (Å²) < 4.78 is 14.9. The quantitative estimate of drug-likeness (QED) is 0.675. The van der Waals surface area contributed by atoms with Crippen LogP contribution in [-0.4, -0.2) is 34.2 Å². The number of aromatic amines is 1. The van der Waals surface area contributed by atoms with E-state index in [1.165, 1.54) is 25.3 Å². The summed E-state index contributed by atoms with van der Waals surface area (Å²) in [6.07, 6.45) is 0.517. The van der Waals surface area contributed by atoms with Gasteiger partial charge in [-0.3, -0.25) is 4.79 Å². The molecule has 0 unspecified atom stereocenters. The van der Waals surface area contributed by atoms with E-state index in [9.17, 15) is 14.4 Å². The number of rotatable bonds is 5. The number of carbonyl (C=O) groups excluding carboxylic acids is 2. The predicted molar refractivity (Wildman–Crippen MR) is 93.4 cm³/mol. The second kappa shape index (κ2) is 7.40. The number of hydrogen-bond donors (Lipinski definition) is 1. The third-order valence-electron chi connectivity index (χ3n) is 3.99. The van der Waals surface area contributed by atoms with E-state index >= 15 is 0 Å². The molecule has 9 heteroatoms. The van der Waals surface area contributed by atoms with E-state index in [0.29, 0.717) is 28.8 Å². The topological polar surface area (TPSA) is 124 Å². The molecule has 2 heterocycles. The molecule has 0 atom stereocenters. The predicted octanol–water partition coefficient (Wildman–Crippen LogP) is 1.93. The monoisotopic (exact) mass is 371 g/mol. The van der Waals surface area contributed by atoms with Gasteiger partial charge < -0.3 is 19.0 Å². The number of hydrogen-bond acceptors (Lipinski definition) is 8. The van der Waals surface area contributed by atoms with E-state index in [1.807, 2.05) is 6.92 Å². The highest BCUT2D eigenvalue weighted by Gasteiger charge is 2.21. The van der Waals surface area contributed by atoms with Gasteiger partial charge in [0.25, 0.3) is 5.56 Å². The lowest BCUT2D eigenvalue weighted by molar-refractivity contribution is 0.0459. The smallest absolute Gasteiger partial charge is 0.344 e. The molecule has 1 aromatic carbocycles. The fraction of sp³-hybridized carbons (Fsp3) is 0.278. The van der Waals surface area contributed by atoms with E-state index in [-0.39, 0.29) is 23.6 Å². The SMILES string of the molecule is CCc1noc(C)c1C(=O)OCc1nc2cc(C(=O)OC)ccc2c(=O)[nH]1. The molecule has 0 fully saturated rings. The van der Waals surface area contributed by atoms with Gasteiger partial charge in [0.2, 0.25) is 0 Å². The van der Waals surface area contributed by atoms with E-state index < -0.39 is 17.5 Å². The van der Waals surface area contributed by atoms with Crippen LogP contribution in [0.3, 0.4) is 0 Å². The highest BCUT2D eigenvalue weighted by molar-refractivity contribution is 5.94. The third-order valence-corrected chi connectivity index (χ3v) is 3.99. The first-order valence-electron chi connectivity index (χ1n) is 8.18. The highest BCUT2D eigenvalue weighted by Crippen LogP contribution is 2.16. The third kappa shape index (κ3) is 3.57. The Kier molecular flexibility index (Phi) is 5.02. The Balaban J connectivity index is 1.86. The number of esters is 2. The van der Waals surface area contributed by atoms with Gasteiger partial charge in [0.05, 0.1) is 29.3 Å². The van der Waals surface area contributed by atoms with Crippen LogP contribution in [0.5, 0.6) is 0 Å². The number of ether oxygens (including phenoxy) is 2. The fourth-order valence-corrected chi connectivity index (χ4v) is 2.63. The largest absolute Gasteiger partial charge is 0.465 e. The number of fused-ring (bicyclic) bond motifs is 1. The van der Waals surface area contributed by atoms with Crippen LogP contribution in [0.25, 0.3) is 10.9 Å². The highest BCUT2D eigenvalue weighted by atomic mass is 16.5. The molecule has 1 N–H and O–H groups in total. The summed E-state index contributed by atoms with van der Waals surface area (Å²) in [6, 6.07) is 4.41. The van der Waals surface area contributed by atoms with E-state index in [2.05, 4.69) is 19.9 Å². The van der Waals surface area contributed by atoms with Gasteiger partial charge in [-0.15, -0.1) is 0 Å². The Bertz CT molecular complexity index is 1080. The molecule has 0 spiro atoms. The molecule has 27 heavy (non-hydrogen) atoms. The van der Waals surface area contributed by atoms with Crippen molar-refractivity contribution in [1.29, 1.82) is 0 Å². The van der Waals surface area contributed by atoms with Crippen LogP contribution in [0, 0.1) is 6.92 Å². The number of H-pyrrole nitrogens is 1. The maximum atomic E-state index is 12.3. The molecular formula is C18H17N3O6. The van der Waals surface area contributed by atoms with E-state index in [4.69, 9.17) is 9.26 Å². The molecule has 0 saturated heterocycles. The van der Waals surface area contributed by atoms with Crippen LogP contribution in [-0.2, 0) is 22.5 Å². The molecule has 0 radical (unpaired) electrons. The van der Waals surface area contributed by atoms with Crippen LogP contribution < -0.4 is 5.56 Å². The Morgan fingerprint density at radius 3 is 2.74 bits per heavy atom. The first-order valence-corrected chi connectivity index (χ1v) is 8.18. The molecule has 140 valence electrons. The van der Waals surface area contributed by atoms with Crippen molar-refractivity contribution in [3.05, 3.63) is 57.0 Å². The van der Waals surface area contributed by atoms with Gasteiger partial charge in [0.1, 0.15) is 23.8 Å². The molecule has 3 rings (SSSR count). The van der Waals surface area contributed by atoms with Crippen molar-refractivity contribution in [2.45, 2.75) is 26.9 Å².